The van der Waals surface area contributed by atoms with E-state index in [0.29, 0.717) is 16.4 Å². The van der Waals surface area contributed by atoms with Crippen LogP contribution in [0.2, 0.25) is 0 Å². The molecule has 8 heteroatoms. The van der Waals surface area contributed by atoms with Gasteiger partial charge in [0.2, 0.25) is 0 Å². The van der Waals surface area contributed by atoms with Crippen molar-refractivity contribution in [2.75, 3.05) is 10.6 Å². The van der Waals surface area contributed by atoms with Crippen LogP contribution in [0, 0.1) is 0 Å². The van der Waals surface area contributed by atoms with Gasteiger partial charge in [-0.2, -0.15) is 0 Å². The fourth-order valence-electron chi connectivity index (χ4n) is 1.45. The highest BCUT2D eigenvalue weighted by Crippen LogP contribution is 2.23. The summed E-state index contributed by atoms with van der Waals surface area (Å²) >= 11 is 4.56. The molecule has 3 N–H and O–H groups in total. The van der Waals surface area contributed by atoms with Crippen molar-refractivity contribution >= 4 is 50.1 Å². The van der Waals surface area contributed by atoms with Crippen LogP contribution in [-0.4, -0.2) is 22.1 Å². The van der Waals surface area contributed by atoms with Crippen molar-refractivity contribution in [1.82, 2.24) is 4.98 Å². The Labute approximate surface area is 127 Å². The number of anilines is 2. The maximum Gasteiger partial charge on any atom is 0.325 e. The van der Waals surface area contributed by atoms with E-state index in [9.17, 15) is 9.59 Å². The Morgan fingerprint density at radius 3 is 2.50 bits per heavy atom. The van der Waals surface area contributed by atoms with Crippen molar-refractivity contribution in [2.45, 2.75) is 6.42 Å². The minimum absolute atomic E-state index is 0.0420. The van der Waals surface area contributed by atoms with Crippen LogP contribution in [0.15, 0.2) is 34.2 Å². The van der Waals surface area contributed by atoms with E-state index >= 15 is 0 Å². The lowest BCUT2D eigenvalue weighted by Crippen LogP contribution is -2.19. The number of carboxylic acid groups (broad SMARTS) is 1. The zero-order chi connectivity index (χ0) is 14.5. The third-order valence-corrected chi connectivity index (χ3v) is 3.66. The molecule has 0 radical (unpaired) electrons. The molecule has 0 saturated carbocycles. The smallest absolute Gasteiger partial charge is 0.325 e. The highest BCUT2D eigenvalue weighted by atomic mass is 79.9. The predicted molar refractivity (Wildman–Crippen MR) is 80.2 cm³/mol. The molecular formula is C12H10BrN3O3S. The Hall–Kier alpha value is -1.93. The van der Waals surface area contributed by atoms with Crippen LogP contribution in [0.3, 0.4) is 0 Å². The Kier molecular flexibility index (Phi) is 4.70. The molecule has 104 valence electrons. The Bertz CT molecular complexity index is 627. The largest absolute Gasteiger partial charge is 0.481 e. The van der Waals surface area contributed by atoms with Gasteiger partial charge in [0.15, 0.2) is 5.13 Å². The molecule has 0 bridgehead atoms. The van der Waals surface area contributed by atoms with Crippen molar-refractivity contribution in [2.24, 2.45) is 0 Å². The quantitative estimate of drug-likeness (QED) is 0.785. The maximum atomic E-state index is 11.7. The van der Waals surface area contributed by atoms with Gasteiger partial charge in [-0.3, -0.25) is 10.1 Å². The number of aliphatic carboxylic acids is 1. The fourth-order valence-corrected chi connectivity index (χ4v) is 2.55. The normalized spacial score (nSPS) is 10.1. The molecule has 1 aromatic carbocycles. The molecule has 6 nitrogen and oxygen atoms in total. The summed E-state index contributed by atoms with van der Waals surface area (Å²) in [6, 6.07) is 6.21. The second-order valence-electron chi connectivity index (χ2n) is 3.82. The number of benzene rings is 1. The summed E-state index contributed by atoms with van der Waals surface area (Å²) in [6.07, 6.45) is 1.56. The zero-order valence-electron chi connectivity index (χ0n) is 10.1. The number of rotatable bonds is 4. The summed E-state index contributed by atoms with van der Waals surface area (Å²) in [4.78, 5) is 26.2. The molecule has 2 rings (SSSR count). The van der Waals surface area contributed by atoms with Crippen molar-refractivity contribution in [1.29, 1.82) is 0 Å². The minimum atomic E-state index is -0.891. The fraction of sp³-hybridized carbons (Fsp3) is 0.0833. The Morgan fingerprint density at radius 1 is 1.25 bits per heavy atom. The number of carbonyl (C=O) groups excluding carboxylic acids is 1. The number of amides is 2. The third kappa shape index (κ3) is 4.32. The molecule has 1 heterocycles. The number of carboxylic acids is 1. The molecular weight excluding hydrogens is 346 g/mol. The van der Waals surface area contributed by atoms with E-state index in [4.69, 9.17) is 5.11 Å². The molecule has 0 fully saturated rings. The standard InChI is InChI=1S/C12H10BrN3O3S/c13-9-6-14-12(20-9)16-11(19)15-8-3-1-7(2-4-8)5-10(17)18/h1-4,6H,5H2,(H,17,18)(H2,14,15,16,19). The summed E-state index contributed by atoms with van der Waals surface area (Å²) < 4.78 is 0.825. The van der Waals surface area contributed by atoms with Crippen molar-refractivity contribution in [3.8, 4) is 0 Å². The van der Waals surface area contributed by atoms with Gasteiger partial charge in [-0.25, -0.2) is 9.78 Å². The predicted octanol–water partition coefficient (Wildman–Crippen LogP) is 3.18. The summed E-state index contributed by atoms with van der Waals surface area (Å²) in [7, 11) is 0. The first kappa shape index (κ1) is 14.5. The molecule has 0 aliphatic heterocycles. The third-order valence-electron chi connectivity index (χ3n) is 2.27. The van der Waals surface area contributed by atoms with Crippen LogP contribution in [0.25, 0.3) is 0 Å². The Balaban J connectivity index is 1.92. The lowest BCUT2D eigenvalue weighted by Gasteiger charge is -2.06. The first-order chi connectivity index (χ1) is 9.52. The van der Waals surface area contributed by atoms with Gasteiger partial charge in [0.1, 0.15) is 0 Å². The number of halogens is 1. The van der Waals surface area contributed by atoms with Crippen LogP contribution in [0.5, 0.6) is 0 Å². The summed E-state index contributed by atoms with van der Waals surface area (Å²) in [6.45, 7) is 0. The maximum absolute atomic E-state index is 11.7. The molecule has 0 aliphatic carbocycles. The first-order valence-electron chi connectivity index (χ1n) is 5.53. The number of nitrogens with zero attached hydrogens (tertiary/aromatic N) is 1. The zero-order valence-corrected chi connectivity index (χ0v) is 12.5. The number of thiazole rings is 1. The van der Waals surface area contributed by atoms with Crippen LogP contribution in [0.1, 0.15) is 5.56 Å². The van der Waals surface area contributed by atoms with E-state index in [-0.39, 0.29) is 6.42 Å². The van der Waals surface area contributed by atoms with Crippen molar-refractivity contribution < 1.29 is 14.7 Å². The molecule has 0 spiro atoms. The Morgan fingerprint density at radius 2 is 1.95 bits per heavy atom. The topological polar surface area (TPSA) is 91.3 Å². The summed E-state index contributed by atoms with van der Waals surface area (Å²) in [5.41, 5.74) is 1.25. The number of hydrogen-bond acceptors (Lipinski definition) is 4. The first-order valence-corrected chi connectivity index (χ1v) is 7.14. The van der Waals surface area contributed by atoms with E-state index in [1.165, 1.54) is 11.3 Å². The van der Waals surface area contributed by atoms with Crippen LogP contribution >= 0.6 is 27.3 Å². The molecule has 2 aromatic rings. The monoisotopic (exact) mass is 355 g/mol. The second kappa shape index (κ2) is 6.49. The average Bonchev–Trinajstić information content (AvgIpc) is 2.76. The summed E-state index contributed by atoms with van der Waals surface area (Å²) in [5.74, 6) is -0.891. The lowest BCUT2D eigenvalue weighted by molar-refractivity contribution is -0.136. The summed E-state index contributed by atoms with van der Waals surface area (Å²) in [5, 5.41) is 14.4. The van der Waals surface area contributed by atoms with Gasteiger partial charge in [-0.1, -0.05) is 23.5 Å². The highest BCUT2D eigenvalue weighted by Gasteiger charge is 2.06. The average molecular weight is 356 g/mol. The van der Waals surface area contributed by atoms with Crippen LogP contribution < -0.4 is 10.6 Å². The van der Waals surface area contributed by atoms with E-state index in [2.05, 4.69) is 31.5 Å². The van der Waals surface area contributed by atoms with Gasteiger partial charge in [0.05, 0.1) is 16.4 Å². The van der Waals surface area contributed by atoms with Gasteiger partial charge in [-0.15, -0.1) is 0 Å². The van der Waals surface area contributed by atoms with Gasteiger partial charge >= 0.3 is 12.0 Å². The van der Waals surface area contributed by atoms with Gasteiger partial charge < -0.3 is 10.4 Å². The molecule has 0 saturated heterocycles. The van der Waals surface area contributed by atoms with E-state index in [0.717, 1.165) is 3.79 Å². The van der Waals surface area contributed by atoms with E-state index in [1.54, 1.807) is 30.5 Å². The number of carbonyl (C=O) groups is 2. The number of nitrogens with one attached hydrogen (secondary N) is 2. The number of aromatic nitrogens is 1. The molecule has 0 atom stereocenters. The highest BCUT2D eigenvalue weighted by molar-refractivity contribution is 9.11. The van der Waals surface area contributed by atoms with E-state index < -0.39 is 12.0 Å². The SMILES string of the molecule is O=C(O)Cc1ccc(NC(=O)Nc2ncc(Br)s2)cc1. The van der Waals surface area contributed by atoms with Crippen LogP contribution in [-0.2, 0) is 11.2 Å². The molecule has 1 aromatic heterocycles. The van der Waals surface area contributed by atoms with E-state index in [1.807, 2.05) is 0 Å². The van der Waals surface area contributed by atoms with Crippen molar-refractivity contribution in [3.05, 3.63) is 39.8 Å². The van der Waals surface area contributed by atoms with Gasteiger partial charge in [-0.05, 0) is 33.6 Å². The molecule has 20 heavy (non-hydrogen) atoms. The molecule has 0 unspecified atom stereocenters. The lowest BCUT2D eigenvalue weighted by atomic mass is 10.1. The van der Waals surface area contributed by atoms with Crippen molar-refractivity contribution in [3.63, 3.8) is 0 Å². The minimum Gasteiger partial charge on any atom is -0.481 e. The molecule has 0 aliphatic rings. The second-order valence-corrected chi connectivity index (χ2v) is 6.23. The number of hydrogen-bond donors (Lipinski definition) is 3. The van der Waals surface area contributed by atoms with Gasteiger partial charge in [0, 0.05) is 5.69 Å². The van der Waals surface area contributed by atoms with Crippen LogP contribution in [0.4, 0.5) is 15.6 Å². The molecule has 2 amide bonds. The number of urea groups is 1. The van der Waals surface area contributed by atoms with Gasteiger partial charge in [0.25, 0.3) is 0 Å².